The lowest BCUT2D eigenvalue weighted by molar-refractivity contribution is -0.145. The fourth-order valence-corrected chi connectivity index (χ4v) is 5.17. The third-order valence-electron chi connectivity index (χ3n) is 6.84. The molecule has 1 spiro atoms. The number of nitrogens with zero attached hydrogens (tertiary/aromatic N) is 2. The zero-order valence-electron chi connectivity index (χ0n) is 16.8. The number of hydrogen-bond donors (Lipinski definition) is 0. The molecule has 1 unspecified atom stereocenters. The molecule has 1 atom stereocenters. The second kappa shape index (κ2) is 6.41. The van der Waals surface area contributed by atoms with Crippen LogP contribution in [0.5, 0.6) is 17.2 Å². The lowest BCUT2D eigenvalue weighted by atomic mass is 9.82. The van der Waals surface area contributed by atoms with Crippen molar-refractivity contribution >= 4 is 5.71 Å². The summed E-state index contributed by atoms with van der Waals surface area (Å²) in [5.41, 5.74) is 3.14. The molecule has 3 heterocycles. The molecule has 150 valence electrons. The zero-order valence-corrected chi connectivity index (χ0v) is 16.8. The van der Waals surface area contributed by atoms with Crippen LogP contribution in [0.1, 0.15) is 56.2 Å². The number of ether oxygens (including phenoxy) is 3. The summed E-state index contributed by atoms with van der Waals surface area (Å²) < 4.78 is 18.2. The van der Waals surface area contributed by atoms with Gasteiger partial charge in [0.2, 0.25) is 0 Å². The van der Waals surface area contributed by atoms with Crippen molar-refractivity contribution in [1.82, 2.24) is 5.01 Å². The Labute approximate surface area is 171 Å². The van der Waals surface area contributed by atoms with Crippen molar-refractivity contribution in [2.45, 2.75) is 50.8 Å². The van der Waals surface area contributed by atoms with Gasteiger partial charge in [-0.2, -0.15) is 5.10 Å². The number of rotatable bonds is 1. The highest BCUT2D eigenvalue weighted by Crippen LogP contribution is 2.52. The molecule has 2 aromatic rings. The first-order chi connectivity index (χ1) is 14.2. The molecule has 3 aliphatic heterocycles. The minimum absolute atomic E-state index is 0.233. The predicted molar refractivity (Wildman–Crippen MR) is 111 cm³/mol. The van der Waals surface area contributed by atoms with Crippen LogP contribution in [0, 0.1) is 5.92 Å². The first kappa shape index (κ1) is 17.2. The van der Waals surface area contributed by atoms with Crippen LogP contribution in [0.25, 0.3) is 0 Å². The summed E-state index contributed by atoms with van der Waals surface area (Å²) in [4.78, 5) is 0. The van der Waals surface area contributed by atoms with Crippen molar-refractivity contribution in [3.63, 3.8) is 0 Å². The van der Waals surface area contributed by atoms with E-state index in [1.165, 1.54) is 18.4 Å². The van der Waals surface area contributed by atoms with Crippen molar-refractivity contribution in [1.29, 1.82) is 0 Å². The standard InChI is InChI=1S/C24H26N2O3/c1-16-8-10-24(11-9-16)26-20(18-4-2-3-5-21(18)29-24)15-19(25-26)17-6-7-22-23(14-17)28-13-12-27-22/h2-7,14,16,20H,8-13,15H2,1H3. The number of hydrazone groups is 1. The summed E-state index contributed by atoms with van der Waals surface area (Å²) in [5.74, 6) is 3.42. The van der Waals surface area contributed by atoms with E-state index in [0.717, 1.165) is 53.7 Å². The van der Waals surface area contributed by atoms with E-state index in [9.17, 15) is 0 Å². The van der Waals surface area contributed by atoms with Gasteiger partial charge in [0.15, 0.2) is 17.2 Å². The number of hydrogen-bond acceptors (Lipinski definition) is 5. The molecule has 1 fully saturated rings. The number of fused-ring (bicyclic) bond motifs is 5. The first-order valence-corrected chi connectivity index (χ1v) is 10.8. The maximum Gasteiger partial charge on any atom is 0.198 e. The highest BCUT2D eigenvalue weighted by Gasteiger charge is 2.51. The summed E-state index contributed by atoms with van der Waals surface area (Å²) in [6, 6.07) is 14.9. The molecule has 0 N–H and O–H groups in total. The molecule has 0 aromatic heterocycles. The minimum Gasteiger partial charge on any atom is -0.486 e. The normalized spacial score (nSPS) is 29.7. The molecule has 1 aliphatic carbocycles. The Kier molecular flexibility index (Phi) is 3.80. The van der Waals surface area contributed by atoms with Crippen molar-refractivity contribution in [3.8, 4) is 17.2 Å². The molecule has 4 aliphatic rings. The second-order valence-electron chi connectivity index (χ2n) is 8.74. The Bertz CT molecular complexity index is 978. The van der Waals surface area contributed by atoms with E-state index >= 15 is 0 Å². The van der Waals surface area contributed by atoms with Crippen molar-refractivity contribution in [2.24, 2.45) is 11.0 Å². The van der Waals surface area contributed by atoms with E-state index in [2.05, 4.69) is 48.3 Å². The lowest BCUT2D eigenvalue weighted by Crippen LogP contribution is -2.55. The van der Waals surface area contributed by atoms with E-state index in [0.29, 0.717) is 13.2 Å². The third-order valence-corrected chi connectivity index (χ3v) is 6.84. The van der Waals surface area contributed by atoms with Crippen molar-refractivity contribution < 1.29 is 14.2 Å². The van der Waals surface area contributed by atoms with Gasteiger partial charge in [-0.15, -0.1) is 0 Å². The summed E-state index contributed by atoms with van der Waals surface area (Å²) >= 11 is 0. The van der Waals surface area contributed by atoms with Gasteiger partial charge in [0.25, 0.3) is 0 Å². The molecule has 0 bridgehead atoms. The second-order valence-corrected chi connectivity index (χ2v) is 8.74. The van der Waals surface area contributed by atoms with Gasteiger partial charge in [0.1, 0.15) is 19.0 Å². The van der Waals surface area contributed by atoms with E-state index in [-0.39, 0.29) is 11.8 Å². The highest BCUT2D eigenvalue weighted by molar-refractivity contribution is 6.02. The van der Waals surface area contributed by atoms with Crippen molar-refractivity contribution in [2.75, 3.05) is 13.2 Å². The monoisotopic (exact) mass is 390 g/mol. The number of para-hydroxylation sites is 1. The Balaban J connectivity index is 1.40. The Morgan fingerprint density at radius 1 is 0.966 bits per heavy atom. The molecule has 1 saturated carbocycles. The van der Waals surface area contributed by atoms with Crippen LogP contribution in [0.2, 0.25) is 0 Å². The number of benzene rings is 2. The summed E-state index contributed by atoms with van der Waals surface area (Å²) in [6.07, 6.45) is 5.30. The minimum atomic E-state index is -0.318. The molecule has 2 aromatic carbocycles. The van der Waals surface area contributed by atoms with Crippen LogP contribution in [-0.2, 0) is 0 Å². The van der Waals surface area contributed by atoms with Crippen LogP contribution in [0.3, 0.4) is 0 Å². The van der Waals surface area contributed by atoms with Gasteiger partial charge in [-0.3, -0.25) is 0 Å². The van der Waals surface area contributed by atoms with Gasteiger partial charge in [0, 0.05) is 30.4 Å². The van der Waals surface area contributed by atoms with Gasteiger partial charge in [-0.25, -0.2) is 5.01 Å². The van der Waals surface area contributed by atoms with Crippen LogP contribution in [0.15, 0.2) is 47.6 Å². The van der Waals surface area contributed by atoms with E-state index in [4.69, 9.17) is 19.3 Å². The lowest BCUT2D eigenvalue weighted by Gasteiger charge is -2.50. The Hall–Kier alpha value is -2.69. The predicted octanol–water partition coefficient (Wildman–Crippen LogP) is 4.91. The summed E-state index contributed by atoms with van der Waals surface area (Å²) in [5, 5.41) is 7.44. The topological polar surface area (TPSA) is 43.3 Å². The van der Waals surface area contributed by atoms with Gasteiger partial charge >= 0.3 is 0 Å². The molecule has 0 radical (unpaired) electrons. The van der Waals surface area contributed by atoms with Gasteiger partial charge < -0.3 is 14.2 Å². The zero-order chi connectivity index (χ0) is 19.4. The van der Waals surface area contributed by atoms with Crippen LogP contribution in [0.4, 0.5) is 0 Å². The van der Waals surface area contributed by atoms with E-state index in [1.54, 1.807) is 0 Å². The largest absolute Gasteiger partial charge is 0.486 e. The molecule has 5 nitrogen and oxygen atoms in total. The van der Waals surface area contributed by atoms with Gasteiger partial charge in [-0.05, 0) is 43.0 Å². The maximum absolute atomic E-state index is 6.67. The SMILES string of the molecule is CC1CCC2(CC1)Oc1ccccc1C1CC(c3ccc4c(c3)OCCO4)=NN12. The Morgan fingerprint density at radius 2 is 1.76 bits per heavy atom. The average Bonchev–Trinajstić information content (AvgIpc) is 3.22. The van der Waals surface area contributed by atoms with Crippen LogP contribution >= 0.6 is 0 Å². The molecule has 0 saturated heterocycles. The fourth-order valence-electron chi connectivity index (χ4n) is 5.17. The quantitative estimate of drug-likeness (QED) is 0.694. The van der Waals surface area contributed by atoms with Gasteiger partial charge in [0.05, 0.1) is 11.8 Å². The van der Waals surface area contributed by atoms with Crippen LogP contribution in [-0.4, -0.2) is 29.7 Å². The summed E-state index contributed by atoms with van der Waals surface area (Å²) in [6.45, 7) is 3.55. The average molecular weight is 390 g/mol. The van der Waals surface area contributed by atoms with E-state index in [1.807, 2.05) is 6.07 Å². The van der Waals surface area contributed by atoms with Crippen molar-refractivity contribution in [3.05, 3.63) is 53.6 Å². The smallest absolute Gasteiger partial charge is 0.198 e. The summed E-state index contributed by atoms with van der Waals surface area (Å²) in [7, 11) is 0. The molecule has 5 heteroatoms. The molecule has 0 amide bonds. The fraction of sp³-hybridized carbons (Fsp3) is 0.458. The molecular formula is C24H26N2O3. The van der Waals surface area contributed by atoms with Gasteiger partial charge in [-0.1, -0.05) is 25.1 Å². The van der Waals surface area contributed by atoms with E-state index < -0.39 is 0 Å². The molecular weight excluding hydrogens is 364 g/mol. The molecule has 6 rings (SSSR count). The van der Waals surface area contributed by atoms with Crippen LogP contribution < -0.4 is 14.2 Å². The third kappa shape index (κ3) is 2.70. The maximum atomic E-state index is 6.67. The first-order valence-electron chi connectivity index (χ1n) is 10.8. The molecule has 29 heavy (non-hydrogen) atoms. The Morgan fingerprint density at radius 3 is 2.62 bits per heavy atom. The highest BCUT2D eigenvalue weighted by atomic mass is 16.6.